The molecule has 3 N–H and O–H groups in total. The molecule has 1 aliphatic rings. The van der Waals surface area contributed by atoms with Crippen LogP contribution in [0.25, 0.3) is 0 Å². The summed E-state index contributed by atoms with van der Waals surface area (Å²) in [6.07, 6.45) is 3.43. The minimum atomic E-state index is -0.738. The molecule has 1 saturated heterocycles. The molecule has 7 heteroatoms. The highest BCUT2D eigenvalue weighted by Crippen LogP contribution is 2.20. The Labute approximate surface area is 133 Å². The maximum Gasteiger partial charge on any atom is 0.225 e. The summed E-state index contributed by atoms with van der Waals surface area (Å²) in [6.45, 7) is 1.31. The summed E-state index contributed by atoms with van der Waals surface area (Å²) in [5.74, 6) is -2.14. The monoisotopic (exact) mass is 325 g/mol. The molecule has 0 aromatic heterocycles. The van der Waals surface area contributed by atoms with Crippen LogP contribution >= 0.6 is 0 Å². The highest BCUT2D eigenvalue weighted by molar-refractivity contribution is 5.90. The lowest BCUT2D eigenvalue weighted by Gasteiger charge is -2.34. The molecule has 5 nitrogen and oxygen atoms in total. The van der Waals surface area contributed by atoms with E-state index < -0.39 is 11.6 Å². The molecule has 0 saturated carbocycles. The number of nitrogens with one attached hydrogen (secondary N) is 1. The second kappa shape index (κ2) is 8.01. The summed E-state index contributed by atoms with van der Waals surface area (Å²) >= 11 is 0. The zero-order valence-electron chi connectivity index (χ0n) is 12.9. The number of rotatable bonds is 6. The standard InChI is InChI=1S/C16H21F2N3O2/c17-11-7-12(18)9-13(8-11)20-16(23)4-6-21-5-2-1-3-14(21)10-15(19)22/h7-9,14H,1-6,10H2,(H2,19,22)(H,20,23). The number of likely N-dealkylation sites (tertiary alicyclic amines) is 1. The van der Waals surface area contributed by atoms with Crippen LogP contribution in [0.3, 0.4) is 0 Å². The third-order valence-corrected chi connectivity index (χ3v) is 3.96. The van der Waals surface area contributed by atoms with Crippen molar-refractivity contribution in [3.63, 3.8) is 0 Å². The first-order valence-corrected chi connectivity index (χ1v) is 7.72. The number of anilines is 1. The van der Waals surface area contributed by atoms with E-state index in [2.05, 4.69) is 10.2 Å². The second-order valence-corrected chi connectivity index (χ2v) is 5.81. The quantitative estimate of drug-likeness (QED) is 0.840. The van der Waals surface area contributed by atoms with Crippen LogP contribution in [0, 0.1) is 11.6 Å². The molecule has 1 atom stereocenters. The van der Waals surface area contributed by atoms with Crippen LogP contribution < -0.4 is 11.1 Å². The number of carbonyl (C=O) groups is 2. The van der Waals surface area contributed by atoms with Crippen molar-refractivity contribution in [3.8, 4) is 0 Å². The fourth-order valence-corrected chi connectivity index (χ4v) is 2.91. The van der Waals surface area contributed by atoms with Gasteiger partial charge in [0.1, 0.15) is 11.6 Å². The van der Waals surface area contributed by atoms with Gasteiger partial charge in [0, 0.05) is 37.2 Å². The summed E-state index contributed by atoms with van der Waals surface area (Å²) in [5, 5.41) is 2.48. The van der Waals surface area contributed by atoms with E-state index in [1.54, 1.807) is 0 Å². The Bertz CT molecular complexity index is 560. The normalized spacial score (nSPS) is 18.6. The Hall–Kier alpha value is -2.02. The van der Waals surface area contributed by atoms with Gasteiger partial charge in [-0.2, -0.15) is 0 Å². The van der Waals surface area contributed by atoms with Gasteiger partial charge in [0.25, 0.3) is 0 Å². The van der Waals surface area contributed by atoms with Crippen molar-refractivity contribution in [1.82, 2.24) is 4.90 Å². The van der Waals surface area contributed by atoms with Gasteiger partial charge in [-0.15, -0.1) is 0 Å². The number of nitrogens with two attached hydrogens (primary N) is 1. The van der Waals surface area contributed by atoms with Gasteiger partial charge in [0.15, 0.2) is 0 Å². The highest BCUT2D eigenvalue weighted by Gasteiger charge is 2.24. The number of carbonyl (C=O) groups excluding carboxylic acids is 2. The van der Waals surface area contributed by atoms with Crippen LogP contribution in [0.5, 0.6) is 0 Å². The third-order valence-electron chi connectivity index (χ3n) is 3.96. The molecular weight excluding hydrogens is 304 g/mol. The summed E-state index contributed by atoms with van der Waals surface area (Å²) < 4.78 is 26.2. The van der Waals surface area contributed by atoms with Gasteiger partial charge in [-0.05, 0) is 31.5 Å². The zero-order valence-corrected chi connectivity index (χ0v) is 12.9. The van der Waals surface area contributed by atoms with E-state index in [1.165, 1.54) is 0 Å². The molecule has 0 aliphatic carbocycles. The number of primary amides is 1. The molecule has 2 amide bonds. The molecule has 0 radical (unpaired) electrons. The number of hydrogen-bond donors (Lipinski definition) is 2. The molecular formula is C16H21F2N3O2. The summed E-state index contributed by atoms with van der Waals surface area (Å²) in [5.41, 5.74) is 5.35. The molecule has 1 heterocycles. The lowest BCUT2D eigenvalue weighted by molar-refractivity contribution is -0.119. The number of amides is 2. The molecule has 0 bridgehead atoms. The largest absolute Gasteiger partial charge is 0.370 e. The topological polar surface area (TPSA) is 75.4 Å². The van der Waals surface area contributed by atoms with E-state index in [9.17, 15) is 18.4 Å². The van der Waals surface area contributed by atoms with Crippen molar-refractivity contribution in [1.29, 1.82) is 0 Å². The van der Waals surface area contributed by atoms with Crippen LogP contribution in [-0.4, -0.2) is 35.8 Å². The van der Waals surface area contributed by atoms with E-state index in [0.29, 0.717) is 6.54 Å². The van der Waals surface area contributed by atoms with E-state index in [-0.39, 0.29) is 36.4 Å². The van der Waals surface area contributed by atoms with E-state index in [0.717, 1.165) is 44.0 Å². The Kier molecular flexibility index (Phi) is 6.04. The number of hydrogen-bond acceptors (Lipinski definition) is 3. The van der Waals surface area contributed by atoms with Crippen LogP contribution in [-0.2, 0) is 9.59 Å². The van der Waals surface area contributed by atoms with Crippen LogP contribution in [0.15, 0.2) is 18.2 Å². The van der Waals surface area contributed by atoms with Gasteiger partial charge < -0.3 is 11.1 Å². The van der Waals surface area contributed by atoms with Crippen molar-refractivity contribution in [3.05, 3.63) is 29.8 Å². The van der Waals surface area contributed by atoms with Gasteiger partial charge in [0.2, 0.25) is 11.8 Å². The van der Waals surface area contributed by atoms with Gasteiger partial charge in [0.05, 0.1) is 0 Å². The Morgan fingerprint density at radius 1 is 1.22 bits per heavy atom. The van der Waals surface area contributed by atoms with Crippen molar-refractivity contribution in [2.45, 2.75) is 38.1 Å². The predicted octanol–water partition coefficient (Wildman–Crippen LogP) is 2.02. The SMILES string of the molecule is NC(=O)CC1CCCCN1CCC(=O)Nc1cc(F)cc(F)c1. The smallest absolute Gasteiger partial charge is 0.225 e. The fraction of sp³-hybridized carbons (Fsp3) is 0.500. The van der Waals surface area contributed by atoms with E-state index >= 15 is 0 Å². The van der Waals surface area contributed by atoms with E-state index in [4.69, 9.17) is 5.73 Å². The second-order valence-electron chi connectivity index (χ2n) is 5.81. The first kappa shape index (κ1) is 17.3. The predicted molar refractivity (Wildman–Crippen MR) is 82.6 cm³/mol. The van der Waals surface area contributed by atoms with Crippen molar-refractivity contribution in [2.24, 2.45) is 5.73 Å². The Morgan fingerprint density at radius 3 is 2.57 bits per heavy atom. The minimum absolute atomic E-state index is 0.0701. The lowest BCUT2D eigenvalue weighted by Crippen LogP contribution is -2.43. The number of benzene rings is 1. The maximum atomic E-state index is 13.1. The molecule has 1 aromatic rings. The first-order chi connectivity index (χ1) is 10.9. The van der Waals surface area contributed by atoms with Crippen molar-refractivity contribution >= 4 is 17.5 Å². The molecule has 23 heavy (non-hydrogen) atoms. The average Bonchev–Trinajstić information content (AvgIpc) is 2.44. The molecule has 0 spiro atoms. The molecule has 1 aromatic carbocycles. The molecule has 2 rings (SSSR count). The van der Waals surface area contributed by atoms with Crippen LogP contribution in [0.1, 0.15) is 32.1 Å². The zero-order chi connectivity index (χ0) is 16.8. The highest BCUT2D eigenvalue weighted by atomic mass is 19.1. The number of piperidine rings is 1. The molecule has 1 fully saturated rings. The number of halogens is 2. The van der Waals surface area contributed by atoms with Crippen LogP contribution in [0.4, 0.5) is 14.5 Å². The Balaban J connectivity index is 1.86. The summed E-state index contributed by atoms with van der Waals surface area (Å²) in [7, 11) is 0. The summed E-state index contributed by atoms with van der Waals surface area (Å²) in [4.78, 5) is 25.1. The van der Waals surface area contributed by atoms with Gasteiger partial charge >= 0.3 is 0 Å². The first-order valence-electron chi connectivity index (χ1n) is 7.72. The van der Waals surface area contributed by atoms with Crippen molar-refractivity contribution in [2.75, 3.05) is 18.4 Å². The average molecular weight is 325 g/mol. The Morgan fingerprint density at radius 2 is 1.91 bits per heavy atom. The third kappa shape index (κ3) is 5.59. The van der Waals surface area contributed by atoms with E-state index in [1.807, 2.05) is 0 Å². The number of nitrogens with zero attached hydrogens (tertiary/aromatic N) is 1. The lowest BCUT2D eigenvalue weighted by atomic mass is 9.99. The van der Waals surface area contributed by atoms with Crippen molar-refractivity contribution < 1.29 is 18.4 Å². The summed E-state index contributed by atoms with van der Waals surface area (Å²) in [6, 6.07) is 2.95. The van der Waals surface area contributed by atoms with Gasteiger partial charge in [-0.3, -0.25) is 14.5 Å². The van der Waals surface area contributed by atoms with Crippen LogP contribution in [0.2, 0.25) is 0 Å². The van der Waals surface area contributed by atoms with Gasteiger partial charge in [-0.25, -0.2) is 8.78 Å². The van der Waals surface area contributed by atoms with Gasteiger partial charge in [-0.1, -0.05) is 6.42 Å². The molecule has 126 valence electrons. The maximum absolute atomic E-state index is 13.1. The fourth-order valence-electron chi connectivity index (χ4n) is 2.91. The molecule has 1 unspecified atom stereocenters. The minimum Gasteiger partial charge on any atom is -0.370 e. The molecule has 1 aliphatic heterocycles.